The molecule has 4 heteroatoms. The predicted octanol–water partition coefficient (Wildman–Crippen LogP) is -0.575. The third-order valence-corrected chi connectivity index (χ3v) is 1.49. The minimum absolute atomic E-state index is 0.124. The van der Waals surface area contributed by atoms with Gasteiger partial charge < -0.3 is 10.5 Å². The summed E-state index contributed by atoms with van der Waals surface area (Å²) < 4.78 is 4.62. The van der Waals surface area contributed by atoms with Crippen molar-refractivity contribution in [2.45, 2.75) is 12.8 Å². The Morgan fingerprint density at radius 2 is 2.50 bits per heavy atom. The van der Waals surface area contributed by atoms with Crippen LogP contribution in [0, 0.1) is 5.92 Å². The van der Waals surface area contributed by atoms with Crippen LogP contribution in [0.5, 0.6) is 0 Å². The van der Waals surface area contributed by atoms with Crippen molar-refractivity contribution in [3.63, 3.8) is 0 Å². The molecule has 0 radical (unpaired) electrons. The van der Waals surface area contributed by atoms with Crippen molar-refractivity contribution in [2.24, 2.45) is 11.7 Å². The summed E-state index contributed by atoms with van der Waals surface area (Å²) in [5.41, 5.74) is 4.89. The smallest absolute Gasteiger partial charge is 0.309 e. The van der Waals surface area contributed by atoms with Crippen molar-refractivity contribution in [1.82, 2.24) is 0 Å². The summed E-state index contributed by atoms with van der Waals surface area (Å²) in [7, 11) is 0. The number of cyclic esters (lactones) is 1. The number of carbonyl (C=O) groups excluding carboxylic acids is 2. The minimum Gasteiger partial charge on any atom is -0.465 e. The van der Waals surface area contributed by atoms with E-state index in [1.165, 1.54) is 0 Å². The number of hydrogen-bond acceptors (Lipinski definition) is 3. The highest BCUT2D eigenvalue weighted by atomic mass is 16.5. The third kappa shape index (κ3) is 1.46. The number of hydrogen-bond donors (Lipinski definition) is 1. The average Bonchev–Trinajstić information content (AvgIpc) is 2.15. The summed E-state index contributed by atoms with van der Waals surface area (Å²) in [6.45, 7) is 0.427. The van der Waals surface area contributed by atoms with E-state index in [0.29, 0.717) is 13.0 Å². The SMILES string of the molecule is NC(=O)CC1CCOC1=O. The van der Waals surface area contributed by atoms with E-state index >= 15 is 0 Å². The predicted molar refractivity (Wildman–Crippen MR) is 32.9 cm³/mol. The van der Waals surface area contributed by atoms with Crippen LogP contribution in [0.1, 0.15) is 12.8 Å². The number of esters is 1. The molecule has 1 aliphatic rings. The van der Waals surface area contributed by atoms with Gasteiger partial charge in [0, 0.05) is 6.42 Å². The first-order valence-electron chi connectivity index (χ1n) is 3.15. The number of amides is 1. The van der Waals surface area contributed by atoms with Crippen molar-refractivity contribution < 1.29 is 14.3 Å². The number of rotatable bonds is 2. The first-order chi connectivity index (χ1) is 4.70. The molecule has 0 saturated carbocycles. The van der Waals surface area contributed by atoms with Gasteiger partial charge in [-0.1, -0.05) is 0 Å². The van der Waals surface area contributed by atoms with Crippen LogP contribution >= 0.6 is 0 Å². The molecule has 0 bridgehead atoms. The summed E-state index contributed by atoms with van der Waals surface area (Å²) >= 11 is 0. The molecular weight excluding hydrogens is 134 g/mol. The molecule has 0 aromatic heterocycles. The highest BCUT2D eigenvalue weighted by molar-refractivity contribution is 5.82. The number of ether oxygens (including phenoxy) is 1. The summed E-state index contributed by atoms with van der Waals surface area (Å²) in [6.07, 6.45) is 0.751. The molecule has 0 spiro atoms. The lowest BCUT2D eigenvalue weighted by atomic mass is 10.0. The molecule has 1 aliphatic heterocycles. The van der Waals surface area contributed by atoms with Gasteiger partial charge in [0.05, 0.1) is 12.5 Å². The second kappa shape index (κ2) is 2.68. The largest absolute Gasteiger partial charge is 0.465 e. The van der Waals surface area contributed by atoms with E-state index in [2.05, 4.69) is 4.74 Å². The first-order valence-corrected chi connectivity index (χ1v) is 3.15. The standard InChI is InChI=1S/C6H9NO3/c7-5(8)3-4-1-2-10-6(4)9/h4H,1-3H2,(H2,7,8). The number of carbonyl (C=O) groups is 2. The number of nitrogens with two attached hydrogens (primary N) is 1. The van der Waals surface area contributed by atoms with E-state index in [1.807, 2.05) is 0 Å². The zero-order valence-electron chi connectivity index (χ0n) is 5.50. The van der Waals surface area contributed by atoms with Crippen LogP contribution in [0.15, 0.2) is 0 Å². The Kier molecular flexibility index (Phi) is 1.89. The molecular formula is C6H9NO3. The molecule has 0 aromatic carbocycles. The van der Waals surface area contributed by atoms with Crippen LogP contribution in [0.3, 0.4) is 0 Å². The van der Waals surface area contributed by atoms with E-state index in [-0.39, 0.29) is 18.3 Å². The van der Waals surface area contributed by atoms with E-state index < -0.39 is 5.91 Å². The summed E-state index contributed by atoms with van der Waals surface area (Å²) in [4.78, 5) is 21.0. The van der Waals surface area contributed by atoms with Gasteiger partial charge in [-0.25, -0.2) is 0 Å². The van der Waals surface area contributed by atoms with Crippen molar-refractivity contribution in [3.8, 4) is 0 Å². The van der Waals surface area contributed by atoms with Gasteiger partial charge in [-0.05, 0) is 6.42 Å². The molecule has 1 fully saturated rings. The topological polar surface area (TPSA) is 69.4 Å². The van der Waals surface area contributed by atoms with E-state index in [4.69, 9.17) is 5.73 Å². The van der Waals surface area contributed by atoms with Gasteiger partial charge in [0.2, 0.25) is 5.91 Å². The molecule has 10 heavy (non-hydrogen) atoms. The van der Waals surface area contributed by atoms with Crippen molar-refractivity contribution in [3.05, 3.63) is 0 Å². The van der Waals surface area contributed by atoms with E-state index in [0.717, 1.165) is 0 Å². The zero-order valence-corrected chi connectivity index (χ0v) is 5.50. The molecule has 1 atom stereocenters. The molecule has 4 nitrogen and oxygen atoms in total. The lowest BCUT2D eigenvalue weighted by molar-refractivity contribution is -0.142. The quantitative estimate of drug-likeness (QED) is 0.526. The zero-order chi connectivity index (χ0) is 7.56. The highest BCUT2D eigenvalue weighted by Crippen LogP contribution is 2.16. The molecule has 1 saturated heterocycles. The second-order valence-electron chi connectivity index (χ2n) is 2.32. The molecule has 1 unspecified atom stereocenters. The monoisotopic (exact) mass is 143 g/mol. The molecule has 0 aromatic rings. The van der Waals surface area contributed by atoms with Gasteiger partial charge in [-0.2, -0.15) is 0 Å². The molecule has 2 N–H and O–H groups in total. The fourth-order valence-corrected chi connectivity index (χ4v) is 0.966. The Morgan fingerprint density at radius 1 is 1.80 bits per heavy atom. The van der Waals surface area contributed by atoms with E-state index in [9.17, 15) is 9.59 Å². The Balaban J connectivity index is 2.40. The van der Waals surface area contributed by atoms with Gasteiger partial charge in [0.25, 0.3) is 0 Å². The van der Waals surface area contributed by atoms with Crippen LogP contribution in [0.4, 0.5) is 0 Å². The maximum atomic E-state index is 10.7. The lowest BCUT2D eigenvalue weighted by Crippen LogP contribution is -2.19. The van der Waals surface area contributed by atoms with Crippen LogP contribution < -0.4 is 5.73 Å². The summed E-state index contributed by atoms with van der Waals surface area (Å²) in [5, 5.41) is 0. The Labute approximate surface area is 58.3 Å². The van der Waals surface area contributed by atoms with Crippen LogP contribution in [-0.2, 0) is 14.3 Å². The lowest BCUT2D eigenvalue weighted by Gasteiger charge is -1.98. The van der Waals surface area contributed by atoms with Gasteiger partial charge >= 0.3 is 5.97 Å². The second-order valence-corrected chi connectivity index (χ2v) is 2.32. The van der Waals surface area contributed by atoms with Gasteiger partial charge in [0.1, 0.15) is 0 Å². The summed E-state index contributed by atoms with van der Waals surface area (Å²) in [5.74, 6) is -1.01. The maximum absolute atomic E-state index is 10.7. The Bertz CT molecular complexity index is 166. The minimum atomic E-state index is -0.441. The Morgan fingerprint density at radius 3 is 2.90 bits per heavy atom. The van der Waals surface area contributed by atoms with Gasteiger partial charge in [0.15, 0.2) is 0 Å². The fourth-order valence-electron chi connectivity index (χ4n) is 0.966. The van der Waals surface area contributed by atoms with Crippen molar-refractivity contribution >= 4 is 11.9 Å². The van der Waals surface area contributed by atoms with Gasteiger partial charge in [-0.3, -0.25) is 9.59 Å². The van der Waals surface area contributed by atoms with Crippen LogP contribution in [0.2, 0.25) is 0 Å². The average molecular weight is 143 g/mol. The molecule has 1 amide bonds. The number of primary amides is 1. The first kappa shape index (κ1) is 7.05. The van der Waals surface area contributed by atoms with E-state index in [1.54, 1.807) is 0 Å². The summed E-state index contributed by atoms with van der Waals surface area (Å²) in [6, 6.07) is 0. The fraction of sp³-hybridized carbons (Fsp3) is 0.667. The third-order valence-electron chi connectivity index (χ3n) is 1.49. The Hall–Kier alpha value is -1.06. The highest BCUT2D eigenvalue weighted by Gasteiger charge is 2.27. The molecule has 1 heterocycles. The molecule has 1 rings (SSSR count). The normalized spacial score (nSPS) is 24.4. The van der Waals surface area contributed by atoms with Crippen LogP contribution in [0.25, 0.3) is 0 Å². The molecule has 0 aliphatic carbocycles. The van der Waals surface area contributed by atoms with Gasteiger partial charge in [-0.15, -0.1) is 0 Å². The maximum Gasteiger partial charge on any atom is 0.309 e. The molecule has 56 valence electrons. The van der Waals surface area contributed by atoms with Crippen LogP contribution in [-0.4, -0.2) is 18.5 Å². The van der Waals surface area contributed by atoms with Crippen molar-refractivity contribution in [2.75, 3.05) is 6.61 Å². The van der Waals surface area contributed by atoms with Crippen molar-refractivity contribution in [1.29, 1.82) is 0 Å².